The molecule has 0 unspecified atom stereocenters. The van der Waals surface area contributed by atoms with Crippen LogP contribution in [0.3, 0.4) is 0 Å². The van der Waals surface area contributed by atoms with Gasteiger partial charge in [0.05, 0.1) is 12.7 Å². The summed E-state index contributed by atoms with van der Waals surface area (Å²) in [6.45, 7) is 5.59. The van der Waals surface area contributed by atoms with Gasteiger partial charge in [-0.15, -0.1) is 0 Å². The third-order valence-corrected chi connectivity index (χ3v) is 4.43. The number of ether oxygens (including phenoxy) is 1. The molecule has 0 bridgehead atoms. The first-order valence-corrected chi connectivity index (χ1v) is 7.01. The summed E-state index contributed by atoms with van der Waals surface area (Å²) in [6, 6.07) is 11.2. The molecule has 2 rings (SSSR count). The molecule has 0 saturated heterocycles. The summed E-state index contributed by atoms with van der Waals surface area (Å²) in [4.78, 5) is 0. The van der Waals surface area contributed by atoms with E-state index in [9.17, 15) is 5.11 Å². The van der Waals surface area contributed by atoms with Gasteiger partial charge < -0.3 is 15.2 Å². The number of nitrogens with one attached hydrogen (secondary N) is 1. The molecule has 0 amide bonds. The minimum atomic E-state index is -0.420. The van der Waals surface area contributed by atoms with Crippen LogP contribution >= 0.6 is 0 Å². The van der Waals surface area contributed by atoms with Crippen LogP contribution in [0.1, 0.15) is 31.7 Å². The molecular formula is C16H25NO2. The quantitative estimate of drug-likeness (QED) is 0.826. The minimum Gasteiger partial charge on any atom is -0.389 e. The second kappa shape index (κ2) is 6.04. The smallest absolute Gasteiger partial charge is 0.0897 e. The predicted molar refractivity (Wildman–Crippen MR) is 77.3 cm³/mol. The van der Waals surface area contributed by atoms with Crippen molar-refractivity contribution in [3.05, 3.63) is 35.9 Å². The van der Waals surface area contributed by atoms with Crippen LogP contribution in [0.15, 0.2) is 30.3 Å². The number of hydrogen-bond donors (Lipinski definition) is 2. The lowest BCUT2D eigenvalue weighted by Gasteiger charge is -2.53. The molecule has 0 spiro atoms. The molecule has 1 aromatic carbocycles. The first kappa shape index (κ1) is 14.5. The Labute approximate surface area is 116 Å². The van der Waals surface area contributed by atoms with Crippen molar-refractivity contribution in [2.45, 2.75) is 38.3 Å². The summed E-state index contributed by atoms with van der Waals surface area (Å²) >= 11 is 0. The summed E-state index contributed by atoms with van der Waals surface area (Å²) in [7, 11) is 1.61. The van der Waals surface area contributed by atoms with E-state index in [-0.39, 0.29) is 5.41 Å². The van der Waals surface area contributed by atoms with Gasteiger partial charge in [-0.3, -0.25) is 0 Å². The number of rotatable bonds is 6. The summed E-state index contributed by atoms with van der Waals surface area (Å²) in [5.74, 6) is 0.603. The molecule has 1 saturated carbocycles. The minimum absolute atomic E-state index is 0.230. The lowest BCUT2D eigenvalue weighted by Crippen LogP contribution is -2.56. The first-order valence-electron chi connectivity index (χ1n) is 7.01. The van der Waals surface area contributed by atoms with E-state index in [1.165, 1.54) is 5.56 Å². The van der Waals surface area contributed by atoms with Crippen LogP contribution in [0.5, 0.6) is 0 Å². The van der Waals surface area contributed by atoms with Gasteiger partial charge in [0.15, 0.2) is 0 Å². The average Bonchev–Trinajstić information content (AvgIpc) is 2.39. The van der Waals surface area contributed by atoms with Gasteiger partial charge in [-0.25, -0.2) is 0 Å². The van der Waals surface area contributed by atoms with Gasteiger partial charge in [0.2, 0.25) is 0 Å². The number of benzene rings is 1. The maximum Gasteiger partial charge on any atom is 0.0897 e. The molecule has 0 heterocycles. The van der Waals surface area contributed by atoms with Gasteiger partial charge in [0, 0.05) is 19.7 Å². The predicted octanol–water partition coefficient (Wildman–Crippen LogP) is 2.17. The van der Waals surface area contributed by atoms with Crippen molar-refractivity contribution in [3.8, 4) is 0 Å². The number of aliphatic hydroxyl groups is 1. The van der Waals surface area contributed by atoms with Gasteiger partial charge in [-0.1, -0.05) is 44.2 Å². The highest BCUT2D eigenvalue weighted by atomic mass is 16.5. The molecule has 3 nitrogen and oxygen atoms in total. The highest BCUT2D eigenvalue weighted by Gasteiger charge is 2.48. The Morgan fingerprint density at radius 1 is 1.37 bits per heavy atom. The molecule has 0 radical (unpaired) electrons. The van der Waals surface area contributed by atoms with Crippen LogP contribution in [0.25, 0.3) is 0 Å². The van der Waals surface area contributed by atoms with E-state index >= 15 is 0 Å². The molecule has 3 atom stereocenters. The van der Waals surface area contributed by atoms with Crippen molar-refractivity contribution in [3.63, 3.8) is 0 Å². The van der Waals surface area contributed by atoms with Crippen LogP contribution in [-0.2, 0) is 4.74 Å². The molecule has 1 aliphatic carbocycles. The van der Waals surface area contributed by atoms with Crippen LogP contribution in [0, 0.1) is 5.41 Å². The van der Waals surface area contributed by atoms with Crippen molar-refractivity contribution in [1.82, 2.24) is 5.32 Å². The van der Waals surface area contributed by atoms with Crippen molar-refractivity contribution < 1.29 is 9.84 Å². The Morgan fingerprint density at radius 2 is 2.05 bits per heavy atom. The van der Waals surface area contributed by atoms with Crippen molar-refractivity contribution >= 4 is 0 Å². The summed E-state index contributed by atoms with van der Waals surface area (Å²) in [5, 5.41) is 13.1. The average molecular weight is 263 g/mol. The van der Waals surface area contributed by atoms with Crippen molar-refractivity contribution in [2.24, 2.45) is 5.41 Å². The SMILES string of the molecule is COC[C@H](O)CN[C@H]1C[C@@H](c2ccccc2)C1(C)C. The summed E-state index contributed by atoms with van der Waals surface area (Å²) in [6.07, 6.45) is 0.716. The molecule has 2 N–H and O–H groups in total. The molecule has 1 fully saturated rings. The Morgan fingerprint density at radius 3 is 2.63 bits per heavy atom. The van der Waals surface area contributed by atoms with Crippen LogP contribution in [-0.4, -0.2) is 37.5 Å². The van der Waals surface area contributed by atoms with Crippen molar-refractivity contribution in [1.29, 1.82) is 0 Å². The molecule has 1 aromatic rings. The van der Waals surface area contributed by atoms with Crippen LogP contribution in [0.2, 0.25) is 0 Å². The molecule has 19 heavy (non-hydrogen) atoms. The Bertz CT molecular complexity index is 391. The largest absolute Gasteiger partial charge is 0.389 e. The lowest BCUT2D eigenvalue weighted by atomic mass is 9.56. The van der Waals surface area contributed by atoms with Crippen LogP contribution < -0.4 is 5.32 Å². The fourth-order valence-electron chi connectivity index (χ4n) is 3.05. The molecule has 3 heteroatoms. The Balaban J connectivity index is 1.87. The zero-order valence-electron chi connectivity index (χ0n) is 12.1. The topological polar surface area (TPSA) is 41.5 Å². The van der Waals surface area contributed by atoms with Crippen LogP contribution in [0.4, 0.5) is 0 Å². The maximum atomic E-state index is 9.68. The fraction of sp³-hybridized carbons (Fsp3) is 0.625. The van der Waals surface area contributed by atoms with E-state index in [1.807, 2.05) is 0 Å². The summed E-state index contributed by atoms with van der Waals surface area (Å²) in [5.41, 5.74) is 1.65. The van der Waals surface area contributed by atoms with Crippen molar-refractivity contribution in [2.75, 3.05) is 20.3 Å². The second-order valence-electron chi connectivity index (χ2n) is 6.09. The number of aliphatic hydroxyl groups excluding tert-OH is 1. The van der Waals surface area contributed by atoms with E-state index in [0.717, 1.165) is 6.42 Å². The lowest BCUT2D eigenvalue weighted by molar-refractivity contribution is 0.0322. The zero-order valence-corrected chi connectivity index (χ0v) is 12.1. The monoisotopic (exact) mass is 263 g/mol. The number of methoxy groups -OCH3 is 1. The third-order valence-electron chi connectivity index (χ3n) is 4.43. The number of hydrogen-bond acceptors (Lipinski definition) is 3. The van der Waals surface area contributed by atoms with Gasteiger partial charge in [-0.05, 0) is 23.3 Å². The van der Waals surface area contributed by atoms with Gasteiger partial charge in [0.25, 0.3) is 0 Å². The third kappa shape index (κ3) is 3.16. The van der Waals surface area contributed by atoms with E-state index in [2.05, 4.69) is 49.5 Å². The molecule has 0 aliphatic heterocycles. The maximum absolute atomic E-state index is 9.68. The highest BCUT2D eigenvalue weighted by Crippen LogP contribution is 2.52. The van der Waals surface area contributed by atoms with Gasteiger partial charge in [-0.2, -0.15) is 0 Å². The van der Waals surface area contributed by atoms with E-state index in [0.29, 0.717) is 25.1 Å². The Hall–Kier alpha value is -0.900. The van der Waals surface area contributed by atoms with E-state index < -0.39 is 6.10 Å². The second-order valence-corrected chi connectivity index (χ2v) is 6.09. The van der Waals surface area contributed by atoms with Gasteiger partial charge in [0.1, 0.15) is 0 Å². The molecule has 1 aliphatic rings. The Kier molecular flexibility index (Phi) is 4.61. The molecule has 106 valence electrons. The van der Waals surface area contributed by atoms with E-state index in [1.54, 1.807) is 7.11 Å². The highest BCUT2D eigenvalue weighted by molar-refractivity contribution is 5.27. The normalized spacial score (nSPS) is 26.7. The van der Waals surface area contributed by atoms with E-state index in [4.69, 9.17) is 4.74 Å². The molecule has 0 aromatic heterocycles. The summed E-state index contributed by atoms with van der Waals surface area (Å²) < 4.78 is 4.94. The zero-order chi connectivity index (χ0) is 13.9. The standard InChI is InChI=1S/C16H25NO2/c1-16(2)14(12-7-5-4-6-8-12)9-15(16)17-10-13(18)11-19-3/h4-8,13-15,17-18H,9-11H2,1-3H3/t13-,14+,15+/m1/s1. The van der Waals surface area contributed by atoms with Gasteiger partial charge >= 0.3 is 0 Å². The fourth-order valence-corrected chi connectivity index (χ4v) is 3.05. The first-order chi connectivity index (χ1) is 9.05. The molecular weight excluding hydrogens is 238 g/mol.